The van der Waals surface area contributed by atoms with E-state index in [9.17, 15) is 0 Å². The second-order valence-corrected chi connectivity index (χ2v) is 6.79. The number of fused-ring (bicyclic) bond motifs is 1. The van der Waals surface area contributed by atoms with Gasteiger partial charge in [0, 0.05) is 18.6 Å². The molecule has 0 radical (unpaired) electrons. The van der Waals surface area contributed by atoms with E-state index in [1.807, 2.05) is 0 Å². The first-order valence-corrected chi connectivity index (χ1v) is 8.36. The summed E-state index contributed by atoms with van der Waals surface area (Å²) in [6.07, 6.45) is 11.7. The van der Waals surface area contributed by atoms with E-state index in [1.165, 1.54) is 71.0 Å². The predicted molar refractivity (Wildman–Crippen MR) is 76.7 cm³/mol. The van der Waals surface area contributed by atoms with E-state index in [0.717, 1.165) is 23.9 Å². The molecule has 2 nitrogen and oxygen atoms in total. The lowest BCUT2D eigenvalue weighted by Gasteiger charge is -2.34. The number of hydrogen-bond donors (Lipinski definition) is 1. The Hall–Kier alpha value is -0.0800. The zero-order valence-electron chi connectivity index (χ0n) is 12.0. The summed E-state index contributed by atoms with van der Waals surface area (Å²) in [4.78, 5) is 2.84. The Morgan fingerprint density at radius 2 is 1.94 bits per heavy atom. The number of hydrogen-bond acceptors (Lipinski definition) is 2. The number of rotatable bonds is 6. The Bertz CT molecular complexity index is 262. The van der Waals surface area contributed by atoms with Crippen molar-refractivity contribution in [2.45, 2.75) is 70.4 Å². The molecule has 1 heterocycles. The third-order valence-corrected chi connectivity index (χ3v) is 5.40. The third kappa shape index (κ3) is 2.91. The first kappa shape index (κ1) is 12.9. The average Bonchev–Trinajstić information content (AvgIpc) is 3.17. The fourth-order valence-corrected chi connectivity index (χ4v) is 4.19. The van der Waals surface area contributed by atoms with Crippen molar-refractivity contribution < 1.29 is 0 Å². The number of nitrogens with zero attached hydrogens (tertiary/aromatic N) is 1. The molecule has 0 amide bonds. The molecule has 2 saturated carbocycles. The lowest BCUT2D eigenvalue weighted by Crippen LogP contribution is -2.46. The molecule has 3 atom stereocenters. The highest BCUT2D eigenvalue weighted by molar-refractivity contribution is 4.95. The van der Waals surface area contributed by atoms with Crippen LogP contribution in [0.3, 0.4) is 0 Å². The maximum Gasteiger partial charge on any atom is 0.0223 e. The average molecular weight is 250 g/mol. The van der Waals surface area contributed by atoms with Crippen LogP contribution in [0.4, 0.5) is 0 Å². The summed E-state index contributed by atoms with van der Waals surface area (Å²) in [7, 11) is 0. The highest BCUT2D eigenvalue weighted by atomic mass is 15.2. The van der Waals surface area contributed by atoms with Crippen LogP contribution in [-0.4, -0.2) is 36.6 Å². The van der Waals surface area contributed by atoms with Crippen molar-refractivity contribution in [2.24, 2.45) is 11.8 Å². The second-order valence-electron chi connectivity index (χ2n) is 6.79. The van der Waals surface area contributed by atoms with E-state index in [-0.39, 0.29) is 0 Å². The molecule has 3 unspecified atom stereocenters. The molecule has 0 aromatic heterocycles. The van der Waals surface area contributed by atoms with Crippen LogP contribution < -0.4 is 5.32 Å². The summed E-state index contributed by atoms with van der Waals surface area (Å²) in [6.45, 7) is 6.21. The summed E-state index contributed by atoms with van der Waals surface area (Å²) in [5, 5.41) is 3.81. The molecule has 0 aromatic carbocycles. The molecule has 0 spiro atoms. The van der Waals surface area contributed by atoms with Crippen LogP contribution in [0.15, 0.2) is 0 Å². The van der Waals surface area contributed by atoms with Gasteiger partial charge in [-0.2, -0.15) is 0 Å². The SMILES string of the molecule is CCCNC(CN1CCC2CCCCC21)C1CC1. The topological polar surface area (TPSA) is 15.3 Å². The quantitative estimate of drug-likeness (QED) is 0.779. The molecule has 3 fully saturated rings. The van der Waals surface area contributed by atoms with Gasteiger partial charge in [-0.1, -0.05) is 19.8 Å². The van der Waals surface area contributed by atoms with Crippen molar-refractivity contribution in [1.29, 1.82) is 0 Å². The minimum atomic E-state index is 0.797. The molecule has 2 heteroatoms. The molecule has 1 N–H and O–H groups in total. The Morgan fingerprint density at radius 1 is 1.11 bits per heavy atom. The van der Waals surface area contributed by atoms with Gasteiger partial charge in [-0.3, -0.25) is 4.90 Å². The standard InChI is InChI=1S/C16H30N2/c1-2-10-17-15(13-7-8-13)12-18-11-9-14-5-3-4-6-16(14)18/h13-17H,2-12H2,1H3. The summed E-state index contributed by atoms with van der Waals surface area (Å²) >= 11 is 0. The fourth-order valence-electron chi connectivity index (χ4n) is 4.19. The van der Waals surface area contributed by atoms with Crippen molar-refractivity contribution in [3.63, 3.8) is 0 Å². The maximum absolute atomic E-state index is 3.81. The monoisotopic (exact) mass is 250 g/mol. The van der Waals surface area contributed by atoms with Crippen LogP contribution in [0.1, 0.15) is 58.3 Å². The molecule has 1 saturated heterocycles. The molecular formula is C16H30N2. The van der Waals surface area contributed by atoms with Crippen molar-refractivity contribution in [1.82, 2.24) is 10.2 Å². The molecule has 0 bridgehead atoms. The summed E-state index contributed by atoms with van der Waals surface area (Å²) < 4.78 is 0. The Balaban J connectivity index is 1.53. The van der Waals surface area contributed by atoms with Crippen molar-refractivity contribution >= 4 is 0 Å². The van der Waals surface area contributed by atoms with Gasteiger partial charge in [-0.15, -0.1) is 0 Å². The van der Waals surface area contributed by atoms with Crippen LogP contribution in [0.25, 0.3) is 0 Å². The van der Waals surface area contributed by atoms with Crippen LogP contribution in [0.5, 0.6) is 0 Å². The highest BCUT2D eigenvalue weighted by Crippen LogP contribution is 2.38. The van der Waals surface area contributed by atoms with Crippen LogP contribution >= 0.6 is 0 Å². The molecule has 1 aliphatic heterocycles. The summed E-state index contributed by atoms with van der Waals surface area (Å²) in [5.41, 5.74) is 0. The van der Waals surface area contributed by atoms with E-state index in [0.29, 0.717) is 0 Å². The smallest absolute Gasteiger partial charge is 0.0223 e. The molecule has 104 valence electrons. The predicted octanol–water partition coefficient (Wildman–Crippen LogP) is 3.03. The Morgan fingerprint density at radius 3 is 2.72 bits per heavy atom. The van der Waals surface area contributed by atoms with Gasteiger partial charge >= 0.3 is 0 Å². The van der Waals surface area contributed by atoms with Gasteiger partial charge in [0.25, 0.3) is 0 Å². The summed E-state index contributed by atoms with van der Waals surface area (Å²) in [5.74, 6) is 2.05. The van der Waals surface area contributed by atoms with E-state index in [4.69, 9.17) is 0 Å². The minimum absolute atomic E-state index is 0.797. The van der Waals surface area contributed by atoms with E-state index >= 15 is 0 Å². The van der Waals surface area contributed by atoms with Crippen molar-refractivity contribution in [3.05, 3.63) is 0 Å². The molecular weight excluding hydrogens is 220 g/mol. The lowest BCUT2D eigenvalue weighted by atomic mass is 9.85. The third-order valence-electron chi connectivity index (χ3n) is 5.40. The number of nitrogens with one attached hydrogen (secondary N) is 1. The van der Waals surface area contributed by atoms with Gasteiger partial charge < -0.3 is 5.32 Å². The fraction of sp³-hybridized carbons (Fsp3) is 1.00. The van der Waals surface area contributed by atoms with Gasteiger partial charge in [-0.25, -0.2) is 0 Å². The normalized spacial score (nSPS) is 34.5. The largest absolute Gasteiger partial charge is 0.312 e. The van der Waals surface area contributed by atoms with Crippen molar-refractivity contribution in [3.8, 4) is 0 Å². The lowest BCUT2D eigenvalue weighted by molar-refractivity contribution is 0.162. The van der Waals surface area contributed by atoms with Gasteiger partial charge in [0.05, 0.1) is 0 Å². The van der Waals surface area contributed by atoms with E-state index in [1.54, 1.807) is 0 Å². The minimum Gasteiger partial charge on any atom is -0.312 e. The molecule has 2 aliphatic carbocycles. The van der Waals surface area contributed by atoms with Gasteiger partial charge in [0.15, 0.2) is 0 Å². The highest BCUT2D eigenvalue weighted by Gasteiger charge is 2.39. The Labute approximate surface area is 113 Å². The van der Waals surface area contributed by atoms with Gasteiger partial charge in [0.2, 0.25) is 0 Å². The van der Waals surface area contributed by atoms with Crippen molar-refractivity contribution in [2.75, 3.05) is 19.6 Å². The van der Waals surface area contributed by atoms with Gasteiger partial charge in [0.1, 0.15) is 0 Å². The van der Waals surface area contributed by atoms with Gasteiger partial charge in [-0.05, 0) is 63.5 Å². The molecule has 3 aliphatic rings. The first-order valence-electron chi connectivity index (χ1n) is 8.36. The second kappa shape index (κ2) is 5.92. The molecule has 0 aromatic rings. The first-order chi connectivity index (χ1) is 8.88. The number of likely N-dealkylation sites (tertiary alicyclic amines) is 1. The van der Waals surface area contributed by atoms with E-state index in [2.05, 4.69) is 17.1 Å². The van der Waals surface area contributed by atoms with Crippen LogP contribution in [0.2, 0.25) is 0 Å². The zero-order valence-corrected chi connectivity index (χ0v) is 12.0. The van der Waals surface area contributed by atoms with Crippen LogP contribution in [0, 0.1) is 11.8 Å². The van der Waals surface area contributed by atoms with E-state index < -0.39 is 0 Å². The zero-order chi connectivity index (χ0) is 12.4. The molecule has 3 rings (SSSR count). The Kier molecular flexibility index (Phi) is 4.25. The van der Waals surface area contributed by atoms with Crippen LogP contribution in [-0.2, 0) is 0 Å². The maximum atomic E-state index is 3.81. The summed E-state index contributed by atoms with van der Waals surface area (Å²) in [6, 6.07) is 1.74. The molecule has 18 heavy (non-hydrogen) atoms.